The number of carbonyl (C=O) groups excluding carboxylic acids is 1. The number of furan rings is 1. The molecular weight excluding hydrogens is 266 g/mol. The Labute approximate surface area is 121 Å². The van der Waals surface area contributed by atoms with Crippen LogP contribution in [-0.4, -0.2) is 6.29 Å². The highest BCUT2D eigenvalue weighted by Gasteiger charge is 2.16. The van der Waals surface area contributed by atoms with Crippen LogP contribution in [0.15, 0.2) is 46.9 Å². The van der Waals surface area contributed by atoms with Crippen LogP contribution in [0.25, 0.3) is 11.0 Å². The van der Waals surface area contributed by atoms with Gasteiger partial charge in [-0.1, -0.05) is 24.3 Å². The molecule has 2 aromatic carbocycles. The van der Waals surface area contributed by atoms with Crippen molar-refractivity contribution in [1.29, 1.82) is 5.26 Å². The topological polar surface area (TPSA) is 63.2 Å². The van der Waals surface area contributed by atoms with Gasteiger partial charge in [-0.25, -0.2) is 0 Å². The number of rotatable bonds is 3. The van der Waals surface area contributed by atoms with E-state index in [1.54, 1.807) is 24.3 Å². The number of ether oxygens (including phenoxy) is 1. The molecule has 0 unspecified atom stereocenters. The van der Waals surface area contributed by atoms with Crippen molar-refractivity contribution < 1.29 is 13.9 Å². The maximum Gasteiger partial charge on any atom is 0.247 e. The fourth-order valence-electron chi connectivity index (χ4n) is 2.11. The van der Waals surface area contributed by atoms with Crippen LogP contribution in [0.3, 0.4) is 0 Å². The summed E-state index contributed by atoms with van der Waals surface area (Å²) in [6.07, 6.45) is 0.755. The number of aldehydes is 1. The van der Waals surface area contributed by atoms with Crippen molar-refractivity contribution in [3.8, 4) is 17.6 Å². The lowest BCUT2D eigenvalue weighted by molar-refractivity contribution is 0.112. The van der Waals surface area contributed by atoms with Gasteiger partial charge in [0.1, 0.15) is 23.7 Å². The van der Waals surface area contributed by atoms with Crippen molar-refractivity contribution in [2.24, 2.45) is 0 Å². The van der Waals surface area contributed by atoms with Gasteiger partial charge in [0.25, 0.3) is 0 Å². The van der Waals surface area contributed by atoms with Crippen molar-refractivity contribution in [3.05, 3.63) is 59.4 Å². The zero-order valence-electron chi connectivity index (χ0n) is 11.3. The minimum atomic E-state index is 0.118. The summed E-state index contributed by atoms with van der Waals surface area (Å²) in [4.78, 5) is 10.9. The molecule has 1 heterocycles. The summed E-state index contributed by atoms with van der Waals surface area (Å²) in [5.74, 6) is 1.02. The Morgan fingerprint density at radius 1 is 1.24 bits per heavy atom. The lowest BCUT2D eigenvalue weighted by Gasteiger charge is -2.08. The summed E-state index contributed by atoms with van der Waals surface area (Å²) in [5.41, 5.74) is 1.98. The summed E-state index contributed by atoms with van der Waals surface area (Å²) in [5, 5.41) is 9.91. The quantitative estimate of drug-likeness (QED) is 0.672. The standard InChI is InChI=1S/C17H11NO3/c1-11-6-7-12(10-19)8-15(11)21-17-13-4-2-3-5-14(13)20-16(17)9-18/h2-8,10H,1H3. The molecule has 0 bridgehead atoms. The lowest BCUT2D eigenvalue weighted by Crippen LogP contribution is -1.90. The lowest BCUT2D eigenvalue weighted by atomic mass is 10.1. The zero-order valence-corrected chi connectivity index (χ0v) is 11.3. The fraction of sp³-hybridized carbons (Fsp3) is 0.0588. The van der Waals surface area contributed by atoms with Gasteiger partial charge in [0.15, 0.2) is 5.75 Å². The molecule has 0 amide bonds. The first-order valence-corrected chi connectivity index (χ1v) is 6.38. The second-order valence-electron chi connectivity index (χ2n) is 4.61. The molecule has 0 spiro atoms. The van der Waals surface area contributed by atoms with E-state index < -0.39 is 0 Å². The summed E-state index contributed by atoms with van der Waals surface area (Å²) in [6.45, 7) is 1.87. The molecule has 0 saturated carbocycles. The average Bonchev–Trinajstić information content (AvgIpc) is 2.87. The summed E-state index contributed by atoms with van der Waals surface area (Å²) in [6, 6.07) is 14.4. The van der Waals surface area contributed by atoms with E-state index in [4.69, 9.17) is 9.15 Å². The number of nitriles is 1. The maximum atomic E-state index is 10.9. The molecule has 0 aliphatic heterocycles. The van der Waals surface area contributed by atoms with E-state index in [1.807, 2.05) is 31.2 Å². The molecule has 1 aromatic heterocycles. The molecular formula is C17H11NO3. The number of carbonyl (C=O) groups is 1. The first kappa shape index (κ1) is 12.9. The Hall–Kier alpha value is -3.06. The predicted octanol–water partition coefficient (Wildman–Crippen LogP) is 4.22. The molecule has 3 aromatic rings. The number of fused-ring (bicyclic) bond motifs is 1. The summed E-state index contributed by atoms with van der Waals surface area (Å²) in [7, 11) is 0. The monoisotopic (exact) mass is 277 g/mol. The van der Waals surface area contributed by atoms with Crippen LogP contribution in [0.5, 0.6) is 11.5 Å². The van der Waals surface area contributed by atoms with Crippen molar-refractivity contribution >= 4 is 17.3 Å². The van der Waals surface area contributed by atoms with Gasteiger partial charge < -0.3 is 9.15 Å². The largest absolute Gasteiger partial charge is 0.452 e. The molecule has 0 aliphatic carbocycles. The molecule has 4 nitrogen and oxygen atoms in total. The summed E-state index contributed by atoms with van der Waals surface area (Å²) < 4.78 is 11.3. The van der Waals surface area contributed by atoms with E-state index in [0.29, 0.717) is 22.6 Å². The highest BCUT2D eigenvalue weighted by Crippen LogP contribution is 2.36. The zero-order chi connectivity index (χ0) is 14.8. The van der Waals surface area contributed by atoms with Gasteiger partial charge in [-0.05, 0) is 30.7 Å². The van der Waals surface area contributed by atoms with Crippen molar-refractivity contribution in [3.63, 3.8) is 0 Å². The normalized spacial score (nSPS) is 10.3. The highest BCUT2D eigenvalue weighted by atomic mass is 16.5. The van der Waals surface area contributed by atoms with E-state index in [-0.39, 0.29) is 5.76 Å². The first-order chi connectivity index (χ1) is 10.2. The van der Waals surface area contributed by atoms with E-state index >= 15 is 0 Å². The number of benzene rings is 2. The van der Waals surface area contributed by atoms with E-state index in [9.17, 15) is 10.1 Å². The van der Waals surface area contributed by atoms with Gasteiger partial charge in [-0.2, -0.15) is 5.26 Å². The van der Waals surface area contributed by atoms with Crippen LogP contribution in [0, 0.1) is 18.3 Å². The molecule has 0 radical (unpaired) electrons. The first-order valence-electron chi connectivity index (χ1n) is 6.38. The van der Waals surface area contributed by atoms with Crippen LogP contribution in [0.2, 0.25) is 0 Å². The molecule has 4 heteroatoms. The Balaban J connectivity index is 2.14. The minimum Gasteiger partial charge on any atom is -0.452 e. The van der Waals surface area contributed by atoms with Crippen LogP contribution in [-0.2, 0) is 0 Å². The Morgan fingerprint density at radius 2 is 2.05 bits per heavy atom. The average molecular weight is 277 g/mol. The van der Waals surface area contributed by atoms with E-state index in [2.05, 4.69) is 0 Å². The van der Waals surface area contributed by atoms with Crippen LogP contribution in [0.1, 0.15) is 21.7 Å². The van der Waals surface area contributed by atoms with Gasteiger partial charge in [-0.15, -0.1) is 0 Å². The highest BCUT2D eigenvalue weighted by molar-refractivity contribution is 5.87. The smallest absolute Gasteiger partial charge is 0.247 e. The fourth-order valence-corrected chi connectivity index (χ4v) is 2.11. The third-order valence-corrected chi connectivity index (χ3v) is 3.21. The summed E-state index contributed by atoms with van der Waals surface area (Å²) >= 11 is 0. The van der Waals surface area contributed by atoms with E-state index in [0.717, 1.165) is 17.2 Å². The molecule has 0 saturated heterocycles. The maximum absolute atomic E-state index is 10.9. The van der Waals surface area contributed by atoms with Gasteiger partial charge >= 0.3 is 0 Å². The SMILES string of the molecule is Cc1ccc(C=O)cc1Oc1c(C#N)oc2ccccc12. The molecule has 0 N–H and O–H groups in total. The van der Waals surface area contributed by atoms with Gasteiger partial charge in [0, 0.05) is 5.56 Å². The van der Waals surface area contributed by atoms with Crippen LogP contribution < -0.4 is 4.74 Å². The Bertz CT molecular complexity index is 871. The predicted molar refractivity (Wildman–Crippen MR) is 77.6 cm³/mol. The Kier molecular flexibility index (Phi) is 3.17. The number of para-hydroxylation sites is 1. The molecule has 0 atom stereocenters. The van der Waals surface area contributed by atoms with Gasteiger partial charge in [0.05, 0.1) is 5.39 Å². The number of aryl methyl sites for hydroxylation is 1. The van der Waals surface area contributed by atoms with E-state index in [1.165, 1.54) is 0 Å². The molecule has 21 heavy (non-hydrogen) atoms. The minimum absolute atomic E-state index is 0.118. The van der Waals surface area contributed by atoms with Crippen molar-refractivity contribution in [1.82, 2.24) is 0 Å². The number of nitrogens with zero attached hydrogens (tertiary/aromatic N) is 1. The second-order valence-corrected chi connectivity index (χ2v) is 4.61. The second kappa shape index (κ2) is 5.14. The molecule has 0 aliphatic rings. The Morgan fingerprint density at radius 3 is 2.81 bits per heavy atom. The molecule has 102 valence electrons. The molecule has 0 fully saturated rings. The van der Waals surface area contributed by atoms with Gasteiger partial charge in [-0.3, -0.25) is 4.79 Å². The third kappa shape index (κ3) is 2.26. The number of hydrogen-bond acceptors (Lipinski definition) is 4. The van der Waals surface area contributed by atoms with Crippen molar-refractivity contribution in [2.75, 3.05) is 0 Å². The molecule has 3 rings (SSSR count). The number of hydrogen-bond donors (Lipinski definition) is 0. The van der Waals surface area contributed by atoms with Crippen molar-refractivity contribution in [2.45, 2.75) is 6.92 Å². The van der Waals surface area contributed by atoms with Crippen LogP contribution >= 0.6 is 0 Å². The van der Waals surface area contributed by atoms with Gasteiger partial charge in [0.2, 0.25) is 5.76 Å². The van der Waals surface area contributed by atoms with Crippen LogP contribution in [0.4, 0.5) is 0 Å². The third-order valence-electron chi connectivity index (χ3n) is 3.21.